The lowest BCUT2D eigenvalue weighted by Crippen LogP contribution is -2.40. The fourth-order valence-electron chi connectivity index (χ4n) is 2.64. The van der Waals surface area contributed by atoms with Crippen molar-refractivity contribution >= 4 is 16.7 Å². The third kappa shape index (κ3) is 2.12. The number of phenolic OH excluding ortho intramolecular Hbond substituents is 1. The minimum Gasteiger partial charge on any atom is -0.506 e. The second-order valence-electron chi connectivity index (χ2n) is 5.04. The first-order chi connectivity index (χ1) is 9.68. The molecule has 4 nitrogen and oxygen atoms in total. The van der Waals surface area contributed by atoms with Crippen LogP contribution < -0.4 is 0 Å². The van der Waals surface area contributed by atoms with Gasteiger partial charge in [-0.05, 0) is 23.9 Å². The summed E-state index contributed by atoms with van der Waals surface area (Å²) in [7, 11) is 0. The Balaban J connectivity index is 2.07. The Labute approximate surface area is 117 Å². The Morgan fingerprint density at radius 1 is 1.20 bits per heavy atom. The van der Waals surface area contributed by atoms with Crippen molar-refractivity contribution in [3.05, 3.63) is 41.5 Å². The number of aromatic hydroxyl groups is 1. The van der Waals surface area contributed by atoms with Gasteiger partial charge in [-0.25, -0.2) is 0 Å². The van der Waals surface area contributed by atoms with Gasteiger partial charge < -0.3 is 14.7 Å². The first kappa shape index (κ1) is 12.9. The molecule has 0 bridgehead atoms. The maximum atomic E-state index is 12.5. The molecule has 2 aromatic carbocycles. The van der Waals surface area contributed by atoms with E-state index in [4.69, 9.17) is 4.74 Å². The molecule has 0 radical (unpaired) electrons. The monoisotopic (exact) mass is 271 g/mol. The van der Waals surface area contributed by atoms with Crippen molar-refractivity contribution in [1.29, 1.82) is 0 Å². The molecule has 1 amide bonds. The number of benzene rings is 2. The molecule has 0 saturated carbocycles. The number of carbonyl (C=O) groups is 1. The largest absolute Gasteiger partial charge is 0.506 e. The Bertz CT molecular complexity index is 660. The molecule has 4 heteroatoms. The van der Waals surface area contributed by atoms with Crippen LogP contribution in [0, 0.1) is 6.92 Å². The zero-order chi connectivity index (χ0) is 14.1. The topological polar surface area (TPSA) is 49.8 Å². The molecule has 104 valence electrons. The van der Waals surface area contributed by atoms with Crippen LogP contribution in [0.4, 0.5) is 0 Å². The average molecular weight is 271 g/mol. The van der Waals surface area contributed by atoms with E-state index in [-0.39, 0.29) is 11.7 Å². The number of nitrogens with zero attached hydrogens (tertiary/aromatic N) is 1. The van der Waals surface area contributed by atoms with Crippen LogP contribution in [0.1, 0.15) is 15.9 Å². The summed E-state index contributed by atoms with van der Waals surface area (Å²) >= 11 is 0. The van der Waals surface area contributed by atoms with Gasteiger partial charge in [0.1, 0.15) is 5.75 Å². The van der Waals surface area contributed by atoms with E-state index >= 15 is 0 Å². The van der Waals surface area contributed by atoms with Crippen LogP contribution in [-0.2, 0) is 4.74 Å². The minimum absolute atomic E-state index is 0.0719. The number of fused-ring (bicyclic) bond motifs is 1. The molecule has 3 rings (SSSR count). The van der Waals surface area contributed by atoms with Crippen molar-refractivity contribution in [2.45, 2.75) is 6.92 Å². The summed E-state index contributed by atoms with van der Waals surface area (Å²) in [6, 6.07) is 9.36. The van der Waals surface area contributed by atoms with Crippen molar-refractivity contribution in [3.63, 3.8) is 0 Å². The van der Waals surface area contributed by atoms with E-state index in [2.05, 4.69) is 0 Å². The highest BCUT2D eigenvalue weighted by Gasteiger charge is 2.22. The van der Waals surface area contributed by atoms with Gasteiger partial charge in [0, 0.05) is 18.5 Å². The molecular weight excluding hydrogens is 254 g/mol. The van der Waals surface area contributed by atoms with E-state index in [9.17, 15) is 9.90 Å². The molecule has 0 aliphatic carbocycles. The van der Waals surface area contributed by atoms with E-state index in [0.29, 0.717) is 31.9 Å². The Kier molecular flexibility index (Phi) is 3.32. The molecule has 1 aliphatic heterocycles. The summed E-state index contributed by atoms with van der Waals surface area (Å²) in [6.45, 7) is 4.21. The van der Waals surface area contributed by atoms with Crippen LogP contribution in [-0.4, -0.2) is 42.2 Å². The molecule has 1 fully saturated rings. The maximum Gasteiger partial charge on any atom is 0.257 e. The van der Waals surface area contributed by atoms with Crippen molar-refractivity contribution in [1.82, 2.24) is 4.90 Å². The number of hydrogen-bond acceptors (Lipinski definition) is 3. The second-order valence-corrected chi connectivity index (χ2v) is 5.04. The zero-order valence-corrected chi connectivity index (χ0v) is 11.4. The van der Waals surface area contributed by atoms with Gasteiger partial charge in [0.15, 0.2) is 0 Å². The number of phenols is 1. The fraction of sp³-hybridized carbons (Fsp3) is 0.312. The molecular formula is C16H17NO3. The van der Waals surface area contributed by atoms with Gasteiger partial charge in [-0.1, -0.05) is 24.3 Å². The van der Waals surface area contributed by atoms with E-state index in [0.717, 1.165) is 16.3 Å². The Morgan fingerprint density at radius 2 is 1.85 bits per heavy atom. The van der Waals surface area contributed by atoms with E-state index < -0.39 is 0 Å². The van der Waals surface area contributed by atoms with Gasteiger partial charge in [-0.15, -0.1) is 0 Å². The number of rotatable bonds is 1. The van der Waals surface area contributed by atoms with Gasteiger partial charge in [0.05, 0.1) is 18.8 Å². The summed E-state index contributed by atoms with van der Waals surface area (Å²) in [5.74, 6) is -0.0534. The van der Waals surface area contributed by atoms with Gasteiger partial charge in [-0.3, -0.25) is 4.79 Å². The van der Waals surface area contributed by atoms with Crippen molar-refractivity contribution in [2.75, 3.05) is 26.3 Å². The maximum absolute atomic E-state index is 12.5. The van der Waals surface area contributed by atoms with Crippen molar-refractivity contribution in [3.8, 4) is 5.75 Å². The summed E-state index contributed by atoms with van der Waals surface area (Å²) in [6.07, 6.45) is 0. The number of aryl methyl sites for hydroxylation is 1. The third-order valence-electron chi connectivity index (χ3n) is 3.75. The molecule has 0 spiro atoms. The van der Waals surface area contributed by atoms with Gasteiger partial charge in [0.2, 0.25) is 0 Å². The highest BCUT2D eigenvalue weighted by Crippen LogP contribution is 2.32. The molecule has 1 heterocycles. The van der Waals surface area contributed by atoms with Crippen LogP contribution in [0.2, 0.25) is 0 Å². The molecule has 20 heavy (non-hydrogen) atoms. The molecule has 2 aromatic rings. The van der Waals surface area contributed by atoms with E-state index in [1.54, 1.807) is 11.0 Å². The third-order valence-corrected chi connectivity index (χ3v) is 3.75. The van der Waals surface area contributed by atoms with E-state index in [1.807, 2.05) is 31.2 Å². The van der Waals surface area contributed by atoms with Crippen molar-refractivity contribution in [2.24, 2.45) is 0 Å². The Hall–Kier alpha value is -2.07. The molecule has 0 atom stereocenters. The molecule has 1 saturated heterocycles. The molecule has 1 N–H and O–H groups in total. The summed E-state index contributed by atoms with van der Waals surface area (Å²) in [5.41, 5.74) is 1.37. The van der Waals surface area contributed by atoms with E-state index in [1.165, 1.54) is 0 Å². The van der Waals surface area contributed by atoms with Gasteiger partial charge in [-0.2, -0.15) is 0 Å². The normalized spacial score (nSPS) is 15.6. The number of hydrogen-bond donors (Lipinski definition) is 1. The number of ether oxygens (including phenoxy) is 1. The lowest BCUT2D eigenvalue weighted by atomic mass is 9.99. The summed E-state index contributed by atoms with van der Waals surface area (Å²) in [5, 5.41) is 12.1. The number of carbonyl (C=O) groups excluding carboxylic acids is 1. The van der Waals surface area contributed by atoms with Crippen LogP contribution in [0.5, 0.6) is 5.75 Å². The molecule has 1 aliphatic rings. The molecule has 0 aromatic heterocycles. The summed E-state index contributed by atoms with van der Waals surface area (Å²) < 4.78 is 5.25. The fourth-order valence-corrected chi connectivity index (χ4v) is 2.64. The lowest BCUT2D eigenvalue weighted by molar-refractivity contribution is 0.0301. The number of amides is 1. The van der Waals surface area contributed by atoms with Crippen LogP contribution in [0.3, 0.4) is 0 Å². The highest BCUT2D eigenvalue weighted by molar-refractivity contribution is 6.04. The van der Waals surface area contributed by atoms with Gasteiger partial charge >= 0.3 is 0 Å². The standard InChI is InChI=1S/C16H17NO3/c1-11-10-14(16(19)17-6-8-20-9-7-17)15(18)13-5-3-2-4-12(11)13/h2-5,10,18H,6-9H2,1H3. The first-order valence-electron chi connectivity index (χ1n) is 6.77. The quantitative estimate of drug-likeness (QED) is 0.866. The van der Waals surface area contributed by atoms with Crippen molar-refractivity contribution < 1.29 is 14.6 Å². The Morgan fingerprint density at radius 3 is 2.55 bits per heavy atom. The average Bonchev–Trinajstić information content (AvgIpc) is 2.51. The highest BCUT2D eigenvalue weighted by atomic mass is 16.5. The van der Waals surface area contributed by atoms with Crippen LogP contribution >= 0.6 is 0 Å². The number of morpholine rings is 1. The van der Waals surface area contributed by atoms with Crippen LogP contribution in [0.25, 0.3) is 10.8 Å². The predicted molar refractivity (Wildman–Crippen MR) is 77.1 cm³/mol. The summed E-state index contributed by atoms with van der Waals surface area (Å²) in [4.78, 5) is 14.3. The second kappa shape index (κ2) is 5.13. The van der Waals surface area contributed by atoms with Crippen LogP contribution in [0.15, 0.2) is 30.3 Å². The van der Waals surface area contributed by atoms with Gasteiger partial charge in [0.25, 0.3) is 5.91 Å². The first-order valence-corrected chi connectivity index (χ1v) is 6.77. The molecule has 0 unspecified atom stereocenters. The smallest absolute Gasteiger partial charge is 0.257 e. The predicted octanol–water partition coefficient (Wildman–Crippen LogP) is 2.33. The lowest BCUT2D eigenvalue weighted by Gasteiger charge is -2.27. The SMILES string of the molecule is Cc1cc(C(=O)N2CCOCC2)c(O)c2ccccc12. The minimum atomic E-state index is -0.125. The zero-order valence-electron chi connectivity index (χ0n) is 11.4.